The largest absolute Gasteiger partial charge is 0.469 e. The molecule has 1 rings (SSSR count). The highest BCUT2D eigenvalue weighted by Gasteiger charge is 2.12. The molecular formula is C11H17O5PS2. The van der Waals surface area contributed by atoms with E-state index in [1.807, 2.05) is 30.3 Å². The predicted octanol–water partition coefficient (Wildman–Crippen LogP) is 2.69. The van der Waals surface area contributed by atoms with Crippen molar-refractivity contribution in [3.63, 3.8) is 0 Å². The zero-order valence-corrected chi connectivity index (χ0v) is 12.8. The van der Waals surface area contributed by atoms with E-state index >= 15 is 0 Å². The highest BCUT2D eigenvalue weighted by atomic mass is 33.1. The Bertz CT molecular complexity index is 384. The van der Waals surface area contributed by atoms with Gasteiger partial charge < -0.3 is 14.5 Å². The molecule has 1 aromatic carbocycles. The normalized spacial score (nSPS) is 11.7. The van der Waals surface area contributed by atoms with Crippen LogP contribution in [0.3, 0.4) is 0 Å². The minimum Gasteiger partial charge on any atom is -0.376 e. The van der Waals surface area contributed by atoms with Gasteiger partial charge in [-0.3, -0.25) is 4.52 Å². The first-order chi connectivity index (χ1) is 9.08. The van der Waals surface area contributed by atoms with E-state index in [-0.39, 0.29) is 6.61 Å². The van der Waals surface area contributed by atoms with Crippen molar-refractivity contribution < 1.29 is 23.6 Å². The quantitative estimate of drug-likeness (QED) is 0.389. The van der Waals surface area contributed by atoms with Gasteiger partial charge in [-0.25, -0.2) is 4.57 Å². The zero-order chi connectivity index (χ0) is 14.0. The summed E-state index contributed by atoms with van der Waals surface area (Å²) in [5, 5.41) is 0. The molecule has 0 heterocycles. The van der Waals surface area contributed by atoms with Crippen molar-refractivity contribution in [1.82, 2.24) is 0 Å². The summed E-state index contributed by atoms with van der Waals surface area (Å²) >= 11 is 0. The van der Waals surface area contributed by atoms with Gasteiger partial charge in [-0.15, -0.1) is 0 Å². The molecule has 108 valence electrons. The molecule has 0 atom stereocenters. The highest BCUT2D eigenvalue weighted by Crippen LogP contribution is 2.36. The van der Waals surface area contributed by atoms with Crippen LogP contribution in [0.2, 0.25) is 0 Å². The molecule has 0 unspecified atom stereocenters. The van der Waals surface area contributed by atoms with Crippen LogP contribution < -0.4 is 0 Å². The summed E-state index contributed by atoms with van der Waals surface area (Å²) in [6, 6.07) is 9.95. The molecule has 0 radical (unpaired) electrons. The second-order valence-corrected chi connectivity index (χ2v) is 7.45. The fourth-order valence-electron chi connectivity index (χ4n) is 1.17. The lowest BCUT2D eigenvalue weighted by atomic mass is 10.2. The molecule has 0 aliphatic rings. The SMILES string of the molecule is O=P(O)(O)OCCSSCCOCc1ccccc1. The number of hydrogen-bond acceptors (Lipinski definition) is 5. The van der Waals surface area contributed by atoms with Gasteiger partial charge in [0.05, 0.1) is 19.8 Å². The summed E-state index contributed by atoms with van der Waals surface area (Å²) in [4.78, 5) is 16.9. The van der Waals surface area contributed by atoms with E-state index in [0.717, 1.165) is 11.3 Å². The van der Waals surface area contributed by atoms with Crippen LogP contribution in [-0.2, 0) is 20.4 Å². The predicted molar refractivity (Wildman–Crippen MR) is 79.0 cm³/mol. The first-order valence-electron chi connectivity index (χ1n) is 5.64. The summed E-state index contributed by atoms with van der Waals surface area (Å²) in [5.41, 5.74) is 1.15. The van der Waals surface area contributed by atoms with Gasteiger partial charge in [0.2, 0.25) is 0 Å². The van der Waals surface area contributed by atoms with Gasteiger partial charge in [0, 0.05) is 11.5 Å². The van der Waals surface area contributed by atoms with Gasteiger partial charge in [0.15, 0.2) is 0 Å². The molecule has 0 aromatic heterocycles. The van der Waals surface area contributed by atoms with E-state index in [2.05, 4.69) is 4.52 Å². The molecule has 2 N–H and O–H groups in total. The van der Waals surface area contributed by atoms with Crippen LogP contribution in [0.5, 0.6) is 0 Å². The van der Waals surface area contributed by atoms with Gasteiger partial charge in [-0.1, -0.05) is 51.9 Å². The van der Waals surface area contributed by atoms with Crippen LogP contribution in [0.25, 0.3) is 0 Å². The zero-order valence-electron chi connectivity index (χ0n) is 10.3. The number of phosphoric acid groups is 1. The molecule has 19 heavy (non-hydrogen) atoms. The highest BCUT2D eigenvalue weighted by molar-refractivity contribution is 8.76. The third kappa shape index (κ3) is 10.4. The number of rotatable bonds is 10. The topological polar surface area (TPSA) is 76.0 Å². The number of hydrogen-bond donors (Lipinski definition) is 2. The maximum Gasteiger partial charge on any atom is 0.469 e. The Kier molecular flexibility index (Phi) is 8.81. The summed E-state index contributed by atoms with van der Waals surface area (Å²) in [5.74, 6) is 1.36. The molecule has 0 amide bonds. The Morgan fingerprint density at radius 3 is 2.32 bits per heavy atom. The molecule has 0 fully saturated rings. The molecule has 1 aromatic rings. The molecule has 0 aliphatic carbocycles. The Balaban J connectivity index is 1.88. The van der Waals surface area contributed by atoms with E-state index in [1.165, 1.54) is 10.8 Å². The number of phosphoric ester groups is 1. The number of benzene rings is 1. The smallest absolute Gasteiger partial charge is 0.376 e. The maximum atomic E-state index is 10.4. The fourth-order valence-corrected chi connectivity index (χ4v) is 3.31. The molecule has 0 bridgehead atoms. The average molecular weight is 324 g/mol. The van der Waals surface area contributed by atoms with Gasteiger partial charge in [-0.2, -0.15) is 0 Å². The van der Waals surface area contributed by atoms with Crippen LogP contribution in [0.4, 0.5) is 0 Å². The van der Waals surface area contributed by atoms with Crippen LogP contribution in [0, 0.1) is 0 Å². The van der Waals surface area contributed by atoms with Crippen molar-refractivity contribution in [3.05, 3.63) is 35.9 Å². The second kappa shape index (κ2) is 9.83. The third-order valence-electron chi connectivity index (χ3n) is 1.93. The standard InChI is InChI=1S/C11H17O5PS2/c12-17(13,14)16-7-9-19-18-8-6-15-10-11-4-2-1-3-5-11/h1-5H,6-10H2,(H2,12,13,14). The van der Waals surface area contributed by atoms with Crippen molar-refractivity contribution in [1.29, 1.82) is 0 Å². The van der Waals surface area contributed by atoms with Crippen LogP contribution >= 0.6 is 29.4 Å². The van der Waals surface area contributed by atoms with Gasteiger partial charge >= 0.3 is 7.82 Å². The van der Waals surface area contributed by atoms with Gasteiger partial charge in [0.1, 0.15) is 0 Å². The average Bonchev–Trinajstić information content (AvgIpc) is 2.37. The lowest BCUT2D eigenvalue weighted by Crippen LogP contribution is -1.98. The summed E-state index contributed by atoms with van der Waals surface area (Å²) in [6.07, 6.45) is 0. The molecule has 0 aliphatic heterocycles. The minimum atomic E-state index is -4.31. The Morgan fingerprint density at radius 1 is 1.05 bits per heavy atom. The van der Waals surface area contributed by atoms with Gasteiger partial charge in [0.25, 0.3) is 0 Å². The van der Waals surface area contributed by atoms with Crippen LogP contribution in [-0.4, -0.2) is 34.5 Å². The lowest BCUT2D eigenvalue weighted by molar-refractivity contribution is 0.136. The third-order valence-corrected chi connectivity index (χ3v) is 4.78. The summed E-state index contributed by atoms with van der Waals surface area (Å²) in [7, 11) is -1.21. The molecule has 0 spiro atoms. The Labute approximate surface area is 120 Å². The van der Waals surface area contributed by atoms with E-state index < -0.39 is 7.82 Å². The molecule has 5 nitrogen and oxygen atoms in total. The lowest BCUT2D eigenvalue weighted by Gasteiger charge is -2.05. The number of ether oxygens (including phenoxy) is 1. The molecule has 0 saturated heterocycles. The van der Waals surface area contributed by atoms with Crippen molar-refractivity contribution in [3.8, 4) is 0 Å². The minimum absolute atomic E-state index is 0.0484. The van der Waals surface area contributed by atoms with Crippen molar-refractivity contribution in [2.75, 3.05) is 24.7 Å². The van der Waals surface area contributed by atoms with Crippen LogP contribution in [0.15, 0.2) is 30.3 Å². The second-order valence-electron chi connectivity index (χ2n) is 3.51. The monoisotopic (exact) mass is 324 g/mol. The summed E-state index contributed by atoms with van der Waals surface area (Å²) < 4.78 is 20.2. The van der Waals surface area contributed by atoms with E-state index in [0.29, 0.717) is 19.0 Å². The van der Waals surface area contributed by atoms with Crippen molar-refractivity contribution >= 4 is 29.4 Å². The first-order valence-corrected chi connectivity index (χ1v) is 9.66. The molecule has 0 saturated carbocycles. The van der Waals surface area contributed by atoms with Crippen molar-refractivity contribution in [2.24, 2.45) is 0 Å². The maximum absolute atomic E-state index is 10.4. The van der Waals surface area contributed by atoms with E-state index in [1.54, 1.807) is 10.8 Å². The Hall–Kier alpha value is -0.0100. The van der Waals surface area contributed by atoms with Crippen LogP contribution in [0.1, 0.15) is 5.56 Å². The first kappa shape index (κ1) is 17.0. The van der Waals surface area contributed by atoms with Crippen molar-refractivity contribution in [2.45, 2.75) is 6.61 Å². The molecule has 8 heteroatoms. The Morgan fingerprint density at radius 2 is 1.68 bits per heavy atom. The fraction of sp³-hybridized carbons (Fsp3) is 0.455. The van der Waals surface area contributed by atoms with E-state index in [9.17, 15) is 4.57 Å². The van der Waals surface area contributed by atoms with Gasteiger partial charge in [-0.05, 0) is 5.56 Å². The van der Waals surface area contributed by atoms with E-state index in [4.69, 9.17) is 14.5 Å². The molecular weight excluding hydrogens is 307 g/mol. The summed E-state index contributed by atoms with van der Waals surface area (Å²) in [6.45, 7) is 1.30.